The molecule has 2 aromatic carbocycles. The van der Waals surface area contributed by atoms with Gasteiger partial charge in [-0.3, -0.25) is 14.4 Å². The van der Waals surface area contributed by atoms with E-state index < -0.39 is 11.8 Å². The molecule has 8 heteroatoms. The Morgan fingerprint density at radius 2 is 1.57 bits per heavy atom. The van der Waals surface area contributed by atoms with Gasteiger partial charge in [-0.05, 0) is 74.6 Å². The first-order valence-corrected chi connectivity index (χ1v) is 12.7. The number of amides is 1. The van der Waals surface area contributed by atoms with E-state index in [-0.39, 0.29) is 24.0 Å². The highest BCUT2D eigenvalue weighted by Crippen LogP contribution is 2.46. The summed E-state index contributed by atoms with van der Waals surface area (Å²) >= 11 is 0. The van der Waals surface area contributed by atoms with Crippen LogP contribution in [-0.2, 0) is 14.4 Å². The predicted molar refractivity (Wildman–Crippen MR) is 136 cm³/mol. The van der Waals surface area contributed by atoms with E-state index in [4.69, 9.17) is 9.47 Å². The van der Waals surface area contributed by atoms with Gasteiger partial charge in [-0.2, -0.15) is 0 Å². The molecule has 3 aliphatic rings. The van der Waals surface area contributed by atoms with Crippen molar-refractivity contribution in [2.24, 2.45) is 0 Å². The van der Waals surface area contributed by atoms with Gasteiger partial charge in [0.15, 0.2) is 29.7 Å². The molecule has 0 saturated carbocycles. The number of Topliss-reactive ketones (excluding diaryl/α,β-unsaturated/α-hetero) is 2. The van der Waals surface area contributed by atoms with Crippen molar-refractivity contribution in [3.63, 3.8) is 0 Å². The summed E-state index contributed by atoms with van der Waals surface area (Å²) in [6.07, 6.45) is 4.10. The molecule has 0 spiro atoms. The van der Waals surface area contributed by atoms with Crippen molar-refractivity contribution in [3.05, 3.63) is 76.4 Å². The van der Waals surface area contributed by atoms with Crippen LogP contribution in [0.15, 0.2) is 65.0 Å². The van der Waals surface area contributed by atoms with Gasteiger partial charge in [0.2, 0.25) is 0 Å². The van der Waals surface area contributed by atoms with Gasteiger partial charge in [0.25, 0.3) is 5.91 Å². The molecule has 2 aromatic rings. The third-order valence-electron chi connectivity index (χ3n) is 6.88. The lowest BCUT2D eigenvalue weighted by Crippen LogP contribution is -2.36. The van der Waals surface area contributed by atoms with Gasteiger partial charge in [-0.1, -0.05) is 6.07 Å². The first kappa shape index (κ1) is 24.7. The normalized spacial score (nSPS) is 17.7. The number of carbonyl (C=O) groups is 3. The molecule has 37 heavy (non-hydrogen) atoms. The van der Waals surface area contributed by atoms with Gasteiger partial charge in [-0.25, -0.2) is 4.39 Å². The van der Waals surface area contributed by atoms with Crippen molar-refractivity contribution in [1.29, 1.82) is 0 Å². The number of benzene rings is 2. The maximum absolute atomic E-state index is 13.1. The lowest BCUT2D eigenvalue weighted by atomic mass is 9.71. The van der Waals surface area contributed by atoms with Crippen LogP contribution in [0.4, 0.5) is 10.1 Å². The fourth-order valence-corrected chi connectivity index (χ4v) is 5.28. The third kappa shape index (κ3) is 5.14. The SMILES string of the molecule is CCOc1cc(C2C3=C(CCCC3=O)NC3=C2C(=O)CCC3)ccc1OCC(=O)Nc1ccc(F)cc1. The molecule has 0 saturated heterocycles. The molecular formula is C29H29FN2O5. The summed E-state index contributed by atoms with van der Waals surface area (Å²) in [5, 5.41) is 6.08. The summed E-state index contributed by atoms with van der Waals surface area (Å²) in [6, 6.07) is 10.8. The van der Waals surface area contributed by atoms with Gasteiger partial charge >= 0.3 is 0 Å². The zero-order valence-electron chi connectivity index (χ0n) is 20.7. The zero-order chi connectivity index (χ0) is 25.9. The standard InChI is InChI=1S/C29H29FN2O5/c1-2-36-25-15-17(9-14-24(25)37-16-26(35)31-19-12-10-18(30)11-13-19)27-28-20(5-3-7-22(28)33)32-21-6-4-8-23(34)29(21)27/h9-15,27,32H,2-8,16H2,1H3,(H,31,35). The van der Waals surface area contributed by atoms with Crippen molar-refractivity contribution >= 4 is 23.2 Å². The average Bonchev–Trinajstić information content (AvgIpc) is 2.89. The molecule has 0 unspecified atom stereocenters. The number of hydrogen-bond acceptors (Lipinski definition) is 6. The number of dihydropyridines is 1. The molecule has 1 aliphatic heterocycles. The van der Waals surface area contributed by atoms with Crippen LogP contribution >= 0.6 is 0 Å². The highest BCUT2D eigenvalue weighted by molar-refractivity contribution is 6.06. The predicted octanol–water partition coefficient (Wildman–Crippen LogP) is 4.94. The van der Waals surface area contributed by atoms with Gasteiger partial charge in [0.1, 0.15) is 5.82 Å². The molecule has 2 N–H and O–H groups in total. The Kier molecular flexibility index (Phi) is 7.08. The molecule has 1 heterocycles. The molecule has 5 rings (SSSR count). The number of rotatable bonds is 7. The largest absolute Gasteiger partial charge is 0.490 e. The molecule has 2 aliphatic carbocycles. The third-order valence-corrected chi connectivity index (χ3v) is 6.88. The fourth-order valence-electron chi connectivity index (χ4n) is 5.28. The Bertz CT molecular complexity index is 1270. The Labute approximate surface area is 214 Å². The van der Waals surface area contributed by atoms with Crippen LogP contribution in [0, 0.1) is 5.82 Å². The maximum atomic E-state index is 13.1. The number of nitrogens with one attached hydrogen (secondary N) is 2. The van der Waals surface area contributed by atoms with Crippen LogP contribution in [-0.4, -0.2) is 30.7 Å². The Morgan fingerprint density at radius 1 is 0.919 bits per heavy atom. The Balaban J connectivity index is 1.42. The van der Waals surface area contributed by atoms with Crippen LogP contribution in [0.5, 0.6) is 11.5 Å². The monoisotopic (exact) mass is 504 g/mol. The van der Waals surface area contributed by atoms with Gasteiger partial charge in [-0.15, -0.1) is 0 Å². The van der Waals surface area contributed by atoms with Crippen molar-refractivity contribution in [2.75, 3.05) is 18.5 Å². The van der Waals surface area contributed by atoms with E-state index in [0.717, 1.165) is 42.6 Å². The first-order chi connectivity index (χ1) is 17.9. The molecule has 192 valence electrons. The molecule has 0 aromatic heterocycles. The summed E-state index contributed by atoms with van der Waals surface area (Å²) in [5.74, 6) is -0.284. The van der Waals surface area contributed by atoms with E-state index in [1.54, 1.807) is 6.07 Å². The minimum Gasteiger partial charge on any atom is -0.490 e. The van der Waals surface area contributed by atoms with Gasteiger partial charge < -0.3 is 20.1 Å². The molecule has 7 nitrogen and oxygen atoms in total. The smallest absolute Gasteiger partial charge is 0.262 e. The van der Waals surface area contributed by atoms with E-state index in [1.807, 2.05) is 19.1 Å². The minimum absolute atomic E-state index is 0.0689. The number of carbonyl (C=O) groups excluding carboxylic acids is 3. The second kappa shape index (κ2) is 10.6. The summed E-state index contributed by atoms with van der Waals surface area (Å²) < 4.78 is 24.7. The van der Waals surface area contributed by atoms with Crippen LogP contribution in [0.2, 0.25) is 0 Å². The van der Waals surface area contributed by atoms with Crippen LogP contribution in [0.3, 0.4) is 0 Å². The fraction of sp³-hybridized carbons (Fsp3) is 0.345. The zero-order valence-corrected chi connectivity index (χ0v) is 20.7. The molecule has 0 radical (unpaired) electrons. The molecular weight excluding hydrogens is 475 g/mol. The van der Waals surface area contributed by atoms with E-state index >= 15 is 0 Å². The first-order valence-electron chi connectivity index (χ1n) is 12.7. The lowest BCUT2D eigenvalue weighted by molar-refractivity contribution is -0.118. The number of anilines is 1. The maximum Gasteiger partial charge on any atom is 0.262 e. The van der Waals surface area contributed by atoms with Crippen molar-refractivity contribution in [3.8, 4) is 11.5 Å². The van der Waals surface area contributed by atoms with Gasteiger partial charge in [0, 0.05) is 47.0 Å². The highest BCUT2D eigenvalue weighted by atomic mass is 19.1. The molecule has 1 amide bonds. The summed E-state index contributed by atoms with van der Waals surface area (Å²) in [4.78, 5) is 38.5. The second-order valence-electron chi connectivity index (χ2n) is 9.38. The van der Waals surface area contributed by atoms with Crippen LogP contribution < -0.4 is 20.1 Å². The molecule has 0 atom stereocenters. The quantitative estimate of drug-likeness (QED) is 0.555. The van der Waals surface area contributed by atoms with E-state index in [9.17, 15) is 18.8 Å². The minimum atomic E-state index is -0.443. The van der Waals surface area contributed by atoms with Crippen LogP contribution in [0.1, 0.15) is 56.9 Å². The summed E-state index contributed by atoms with van der Waals surface area (Å²) in [6.45, 7) is 1.94. The second-order valence-corrected chi connectivity index (χ2v) is 9.38. The van der Waals surface area contributed by atoms with E-state index in [2.05, 4.69) is 10.6 Å². The summed E-state index contributed by atoms with van der Waals surface area (Å²) in [5.41, 5.74) is 4.45. The van der Waals surface area contributed by atoms with E-state index in [0.29, 0.717) is 47.8 Å². The number of ether oxygens (including phenoxy) is 2. The topological polar surface area (TPSA) is 93.7 Å². The Hall–Kier alpha value is -3.94. The number of hydrogen-bond donors (Lipinski definition) is 2. The highest BCUT2D eigenvalue weighted by Gasteiger charge is 2.40. The van der Waals surface area contributed by atoms with Crippen molar-refractivity contribution in [1.82, 2.24) is 5.32 Å². The van der Waals surface area contributed by atoms with Crippen molar-refractivity contribution in [2.45, 2.75) is 51.4 Å². The van der Waals surface area contributed by atoms with E-state index in [1.165, 1.54) is 24.3 Å². The molecule has 0 fully saturated rings. The average molecular weight is 505 g/mol. The van der Waals surface area contributed by atoms with Gasteiger partial charge in [0.05, 0.1) is 6.61 Å². The number of ketones is 2. The van der Waals surface area contributed by atoms with Crippen molar-refractivity contribution < 1.29 is 28.2 Å². The summed E-state index contributed by atoms with van der Waals surface area (Å²) in [7, 11) is 0. The van der Waals surface area contributed by atoms with Crippen LogP contribution in [0.25, 0.3) is 0 Å². The number of allylic oxidation sites excluding steroid dienone is 4. The lowest BCUT2D eigenvalue weighted by Gasteiger charge is -2.37. The molecule has 0 bridgehead atoms. The Morgan fingerprint density at radius 3 is 2.19 bits per heavy atom. The number of halogens is 1.